The lowest BCUT2D eigenvalue weighted by atomic mass is 9.92. The number of aromatic amines is 1. The molecular formula is C19H26N2. The summed E-state index contributed by atoms with van der Waals surface area (Å²) in [5, 5.41) is 1.40. The minimum Gasteiger partial charge on any atom is -0.361 e. The highest BCUT2D eigenvalue weighted by Gasteiger charge is 2.28. The van der Waals surface area contributed by atoms with Gasteiger partial charge in [0.05, 0.1) is 0 Å². The molecule has 2 aliphatic rings. The fourth-order valence-electron chi connectivity index (χ4n) is 3.91. The number of nitrogens with one attached hydrogen (secondary N) is 1. The van der Waals surface area contributed by atoms with Crippen LogP contribution in [-0.2, 0) is 0 Å². The van der Waals surface area contributed by atoms with Gasteiger partial charge in [-0.25, -0.2) is 0 Å². The largest absolute Gasteiger partial charge is 0.361 e. The van der Waals surface area contributed by atoms with E-state index < -0.39 is 0 Å². The van der Waals surface area contributed by atoms with Gasteiger partial charge in [0.15, 0.2) is 0 Å². The molecule has 2 heteroatoms. The van der Waals surface area contributed by atoms with Crippen LogP contribution in [0.1, 0.15) is 51.6 Å². The molecule has 1 atom stereocenters. The highest BCUT2D eigenvalue weighted by Crippen LogP contribution is 2.35. The number of rotatable bonds is 2. The first-order valence-electron chi connectivity index (χ1n) is 8.27. The molecule has 0 spiro atoms. The van der Waals surface area contributed by atoms with Crippen molar-refractivity contribution in [1.82, 2.24) is 9.88 Å². The average Bonchev–Trinajstić information content (AvgIpc) is 3.12. The third kappa shape index (κ3) is 2.22. The van der Waals surface area contributed by atoms with Crippen molar-refractivity contribution in [3.63, 3.8) is 0 Å². The number of hydrogen-bond acceptors (Lipinski definition) is 1. The van der Waals surface area contributed by atoms with Crippen LogP contribution in [0, 0.1) is 0 Å². The summed E-state index contributed by atoms with van der Waals surface area (Å²) in [5.74, 6) is 0.586. The maximum Gasteiger partial charge on any atom is 0.0460 e. The number of benzene rings is 1. The molecule has 1 aromatic carbocycles. The van der Waals surface area contributed by atoms with E-state index in [1.54, 1.807) is 5.57 Å². The third-order valence-electron chi connectivity index (χ3n) is 5.25. The number of nitrogens with zero attached hydrogens (tertiary/aromatic N) is 1. The normalized spacial score (nSPS) is 22.8. The summed E-state index contributed by atoms with van der Waals surface area (Å²) in [5.41, 5.74) is 5.68. The molecule has 4 rings (SSSR count). The van der Waals surface area contributed by atoms with Crippen LogP contribution in [0.25, 0.3) is 16.5 Å². The standard InChI is InChI=1S/C19H24N2.H2/c1-13(2)14-5-6-19-17(11-14)18(12-20-19)15-7-9-21-8-3-4-16(21)10-15;/h5-7,11-13,16,20H,3-4,8-10H2,1-2H3;1H. The molecule has 2 nitrogen and oxygen atoms in total. The molecule has 0 radical (unpaired) electrons. The van der Waals surface area contributed by atoms with Gasteiger partial charge in [0.1, 0.15) is 0 Å². The molecule has 1 unspecified atom stereocenters. The summed E-state index contributed by atoms with van der Waals surface area (Å²) in [6, 6.07) is 7.65. The van der Waals surface area contributed by atoms with Gasteiger partial charge in [-0.3, -0.25) is 4.90 Å². The summed E-state index contributed by atoms with van der Waals surface area (Å²) in [6.45, 7) is 6.96. The van der Waals surface area contributed by atoms with Gasteiger partial charge in [-0.15, -0.1) is 0 Å². The van der Waals surface area contributed by atoms with E-state index in [2.05, 4.69) is 54.2 Å². The van der Waals surface area contributed by atoms with Crippen molar-refractivity contribution in [2.24, 2.45) is 0 Å². The smallest absolute Gasteiger partial charge is 0.0460 e. The van der Waals surface area contributed by atoms with Gasteiger partial charge < -0.3 is 4.98 Å². The maximum absolute atomic E-state index is 3.46. The first-order chi connectivity index (χ1) is 10.2. The summed E-state index contributed by atoms with van der Waals surface area (Å²) in [4.78, 5) is 6.09. The minimum atomic E-state index is 0. The maximum atomic E-state index is 3.46. The Morgan fingerprint density at radius 2 is 2.24 bits per heavy atom. The fourth-order valence-corrected chi connectivity index (χ4v) is 3.91. The van der Waals surface area contributed by atoms with E-state index in [0.717, 1.165) is 12.6 Å². The molecule has 3 heterocycles. The molecule has 1 aromatic heterocycles. The first-order valence-corrected chi connectivity index (χ1v) is 8.27. The molecule has 1 fully saturated rings. The zero-order valence-corrected chi connectivity index (χ0v) is 13.0. The molecule has 112 valence electrons. The molecule has 21 heavy (non-hydrogen) atoms. The highest BCUT2D eigenvalue weighted by molar-refractivity contribution is 5.93. The van der Waals surface area contributed by atoms with Gasteiger partial charge >= 0.3 is 0 Å². The lowest BCUT2D eigenvalue weighted by Crippen LogP contribution is -2.32. The SMILES string of the molecule is CC(C)c1ccc2[nH]cc(C3=CCN4CCCC4C3)c2c1.[HH]. The van der Waals surface area contributed by atoms with Crippen molar-refractivity contribution < 1.29 is 1.43 Å². The second-order valence-corrected chi connectivity index (χ2v) is 6.89. The van der Waals surface area contributed by atoms with Crippen LogP contribution < -0.4 is 0 Å². The van der Waals surface area contributed by atoms with Gasteiger partial charge in [-0.2, -0.15) is 0 Å². The Morgan fingerprint density at radius 1 is 1.33 bits per heavy atom. The molecule has 1 N–H and O–H groups in total. The van der Waals surface area contributed by atoms with Crippen LogP contribution in [0.4, 0.5) is 0 Å². The Labute approximate surface area is 128 Å². The van der Waals surface area contributed by atoms with E-state index in [1.165, 1.54) is 47.8 Å². The fraction of sp³-hybridized carbons (Fsp3) is 0.474. The lowest BCUT2D eigenvalue weighted by Gasteiger charge is -2.29. The molecule has 1 saturated heterocycles. The van der Waals surface area contributed by atoms with E-state index in [1.807, 2.05) is 0 Å². The Bertz CT molecular complexity index is 699. The number of H-pyrrole nitrogens is 1. The Morgan fingerprint density at radius 3 is 3.10 bits per heavy atom. The Kier molecular flexibility index (Phi) is 3.15. The van der Waals surface area contributed by atoms with Crippen molar-refractivity contribution in [1.29, 1.82) is 0 Å². The predicted molar refractivity (Wildman–Crippen MR) is 91.7 cm³/mol. The molecule has 0 amide bonds. The van der Waals surface area contributed by atoms with Crippen molar-refractivity contribution in [2.45, 2.75) is 45.1 Å². The average molecular weight is 282 g/mol. The second kappa shape index (κ2) is 5.03. The van der Waals surface area contributed by atoms with Crippen molar-refractivity contribution in [3.05, 3.63) is 41.6 Å². The Hall–Kier alpha value is -1.54. The van der Waals surface area contributed by atoms with E-state index in [-0.39, 0.29) is 1.43 Å². The van der Waals surface area contributed by atoms with Gasteiger partial charge in [0.2, 0.25) is 0 Å². The quantitative estimate of drug-likeness (QED) is 0.839. The van der Waals surface area contributed by atoms with Gasteiger partial charge in [-0.05, 0) is 55.0 Å². The molecule has 0 aliphatic carbocycles. The molecular weight excluding hydrogens is 256 g/mol. The van der Waals surface area contributed by atoms with Crippen LogP contribution in [0.3, 0.4) is 0 Å². The Balaban J connectivity index is 0.00000144. The van der Waals surface area contributed by atoms with Crippen LogP contribution in [0.5, 0.6) is 0 Å². The summed E-state index contributed by atoms with van der Waals surface area (Å²) in [6.07, 6.45) is 8.63. The monoisotopic (exact) mass is 282 g/mol. The van der Waals surface area contributed by atoms with E-state index in [0.29, 0.717) is 5.92 Å². The number of hydrogen-bond donors (Lipinski definition) is 1. The lowest BCUT2D eigenvalue weighted by molar-refractivity contribution is 0.275. The van der Waals surface area contributed by atoms with Crippen LogP contribution in [0.2, 0.25) is 0 Å². The first kappa shape index (κ1) is 13.1. The third-order valence-corrected chi connectivity index (χ3v) is 5.25. The second-order valence-electron chi connectivity index (χ2n) is 6.89. The molecule has 0 saturated carbocycles. The summed E-state index contributed by atoms with van der Waals surface area (Å²) >= 11 is 0. The zero-order valence-electron chi connectivity index (χ0n) is 13.0. The topological polar surface area (TPSA) is 19.0 Å². The summed E-state index contributed by atoms with van der Waals surface area (Å²) in [7, 11) is 0. The number of fused-ring (bicyclic) bond motifs is 2. The minimum absolute atomic E-state index is 0. The predicted octanol–water partition coefficient (Wildman–Crippen LogP) is 4.79. The highest BCUT2D eigenvalue weighted by atomic mass is 15.2. The number of aromatic nitrogens is 1. The molecule has 2 aromatic rings. The van der Waals surface area contributed by atoms with Crippen LogP contribution in [-0.4, -0.2) is 29.0 Å². The van der Waals surface area contributed by atoms with E-state index in [4.69, 9.17) is 0 Å². The summed E-state index contributed by atoms with van der Waals surface area (Å²) < 4.78 is 0. The van der Waals surface area contributed by atoms with Crippen molar-refractivity contribution >= 4 is 16.5 Å². The van der Waals surface area contributed by atoms with Gasteiger partial charge in [0, 0.05) is 36.7 Å². The zero-order chi connectivity index (χ0) is 14.4. The van der Waals surface area contributed by atoms with Gasteiger partial charge in [0.25, 0.3) is 0 Å². The van der Waals surface area contributed by atoms with Crippen LogP contribution in [0.15, 0.2) is 30.5 Å². The molecule has 2 aliphatic heterocycles. The van der Waals surface area contributed by atoms with Crippen molar-refractivity contribution in [3.8, 4) is 0 Å². The molecule has 0 bridgehead atoms. The van der Waals surface area contributed by atoms with Crippen molar-refractivity contribution in [2.75, 3.05) is 13.1 Å². The van der Waals surface area contributed by atoms with E-state index >= 15 is 0 Å². The van der Waals surface area contributed by atoms with E-state index in [9.17, 15) is 0 Å². The van der Waals surface area contributed by atoms with Crippen LogP contribution >= 0.6 is 0 Å². The van der Waals surface area contributed by atoms with Gasteiger partial charge in [-0.1, -0.05) is 26.0 Å².